The van der Waals surface area contributed by atoms with Crippen molar-refractivity contribution >= 4 is 0 Å². The van der Waals surface area contributed by atoms with Gasteiger partial charge in [-0.25, -0.2) is 0 Å². The molecule has 0 aliphatic carbocycles. The van der Waals surface area contributed by atoms with Crippen LogP contribution in [0.15, 0.2) is 0 Å². The average Bonchev–Trinajstić information content (AvgIpc) is 2.31. The Morgan fingerprint density at radius 2 is 1.47 bits per heavy atom. The van der Waals surface area contributed by atoms with E-state index in [0.29, 0.717) is 0 Å². The molecule has 0 aromatic heterocycles. The highest BCUT2D eigenvalue weighted by atomic mass is 15.4. The van der Waals surface area contributed by atoms with Crippen LogP contribution in [-0.2, 0) is 0 Å². The van der Waals surface area contributed by atoms with Gasteiger partial charge in [-0.3, -0.25) is 4.90 Å². The molecule has 2 heteroatoms. The number of rotatable bonds is 6. The molecular formula is C13H27N2+. The number of nitrogens with zero attached hydrogens (tertiary/aromatic N) is 2. The molecule has 3 saturated heterocycles. The number of hydrogen-bond acceptors (Lipinski definition) is 1. The number of unbranched alkanes of at least 4 members (excludes halogenated alkanes) is 4. The lowest BCUT2D eigenvalue weighted by Gasteiger charge is -2.50. The molecule has 3 heterocycles. The van der Waals surface area contributed by atoms with Gasteiger partial charge in [-0.15, -0.1) is 0 Å². The summed E-state index contributed by atoms with van der Waals surface area (Å²) in [6.07, 6.45) is 7.21. The summed E-state index contributed by atoms with van der Waals surface area (Å²) in [5.41, 5.74) is 0. The zero-order valence-corrected chi connectivity index (χ0v) is 10.4. The van der Waals surface area contributed by atoms with Crippen molar-refractivity contribution in [1.29, 1.82) is 0 Å². The normalized spacial score (nSPS) is 34.6. The molecule has 0 saturated carbocycles. The summed E-state index contributed by atoms with van der Waals surface area (Å²) in [6, 6.07) is 0. The van der Waals surface area contributed by atoms with Crippen LogP contribution in [0, 0.1) is 0 Å². The summed E-state index contributed by atoms with van der Waals surface area (Å²) in [7, 11) is 0. The molecule has 0 amide bonds. The van der Waals surface area contributed by atoms with Gasteiger partial charge in [-0.1, -0.05) is 26.2 Å². The average molecular weight is 211 g/mol. The van der Waals surface area contributed by atoms with E-state index >= 15 is 0 Å². The van der Waals surface area contributed by atoms with E-state index in [1.54, 1.807) is 0 Å². The molecule has 0 spiro atoms. The molecule has 0 N–H and O–H groups in total. The Morgan fingerprint density at radius 1 is 0.867 bits per heavy atom. The van der Waals surface area contributed by atoms with Crippen LogP contribution in [0.4, 0.5) is 0 Å². The Hall–Kier alpha value is -0.0800. The fourth-order valence-corrected chi connectivity index (χ4v) is 3.12. The van der Waals surface area contributed by atoms with Crippen LogP contribution in [0.1, 0.15) is 39.0 Å². The summed E-state index contributed by atoms with van der Waals surface area (Å²) < 4.78 is 1.46. The van der Waals surface area contributed by atoms with Crippen molar-refractivity contribution in [3.8, 4) is 0 Å². The van der Waals surface area contributed by atoms with Gasteiger partial charge in [0.05, 0.1) is 26.2 Å². The SMILES string of the molecule is CCCCCCC[N+]12CCN(CC1)CC2. The van der Waals surface area contributed by atoms with Crippen molar-refractivity contribution in [3.05, 3.63) is 0 Å². The van der Waals surface area contributed by atoms with Gasteiger partial charge in [0.2, 0.25) is 0 Å². The predicted molar refractivity (Wildman–Crippen MR) is 64.9 cm³/mol. The Bertz CT molecular complexity index is 169. The van der Waals surface area contributed by atoms with Gasteiger partial charge in [0.25, 0.3) is 0 Å². The molecule has 3 rings (SSSR count). The molecule has 2 nitrogen and oxygen atoms in total. The summed E-state index contributed by atoms with van der Waals surface area (Å²) >= 11 is 0. The quantitative estimate of drug-likeness (QED) is 0.480. The molecule has 3 aliphatic rings. The summed E-state index contributed by atoms with van der Waals surface area (Å²) in [4.78, 5) is 2.64. The van der Waals surface area contributed by atoms with E-state index in [1.165, 1.54) is 82.4 Å². The first-order valence-electron chi connectivity index (χ1n) is 6.92. The maximum Gasteiger partial charge on any atom is 0.0916 e. The first-order valence-corrected chi connectivity index (χ1v) is 6.92. The number of hydrogen-bond donors (Lipinski definition) is 0. The third-order valence-electron chi connectivity index (χ3n) is 4.41. The first kappa shape index (κ1) is 11.4. The van der Waals surface area contributed by atoms with E-state index in [4.69, 9.17) is 0 Å². The van der Waals surface area contributed by atoms with E-state index < -0.39 is 0 Å². The van der Waals surface area contributed by atoms with Crippen LogP contribution >= 0.6 is 0 Å². The standard InChI is InChI=1S/C13H27N2/c1-2-3-4-5-6-10-15-11-7-14(8-12-15)9-13-15/h2-13H2,1H3/q+1. The molecule has 0 radical (unpaired) electrons. The van der Waals surface area contributed by atoms with Crippen LogP contribution in [0.2, 0.25) is 0 Å². The highest BCUT2D eigenvalue weighted by Gasteiger charge is 2.37. The second-order valence-electron chi connectivity index (χ2n) is 5.49. The van der Waals surface area contributed by atoms with Crippen molar-refractivity contribution in [2.45, 2.75) is 39.0 Å². The maximum absolute atomic E-state index is 2.64. The third-order valence-corrected chi connectivity index (χ3v) is 4.41. The molecule has 0 unspecified atom stereocenters. The molecule has 2 bridgehead atoms. The molecule has 0 atom stereocenters. The van der Waals surface area contributed by atoms with Gasteiger partial charge in [0, 0.05) is 19.6 Å². The molecule has 0 aromatic carbocycles. The Morgan fingerprint density at radius 3 is 2.07 bits per heavy atom. The lowest BCUT2D eigenvalue weighted by Crippen LogP contribution is -2.67. The number of piperazine rings is 3. The van der Waals surface area contributed by atoms with Gasteiger partial charge in [0.15, 0.2) is 0 Å². The minimum atomic E-state index is 1.37. The van der Waals surface area contributed by atoms with Crippen LogP contribution in [0.25, 0.3) is 0 Å². The van der Waals surface area contributed by atoms with Crippen molar-refractivity contribution in [3.63, 3.8) is 0 Å². The van der Waals surface area contributed by atoms with E-state index in [1.807, 2.05) is 0 Å². The first-order chi connectivity index (χ1) is 7.35. The van der Waals surface area contributed by atoms with Gasteiger partial charge < -0.3 is 4.48 Å². The monoisotopic (exact) mass is 211 g/mol. The van der Waals surface area contributed by atoms with Crippen LogP contribution in [0.5, 0.6) is 0 Å². The summed E-state index contributed by atoms with van der Waals surface area (Å²) in [5, 5.41) is 0. The Labute approximate surface area is 94.8 Å². The Kier molecular flexibility index (Phi) is 4.04. The van der Waals surface area contributed by atoms with Crippen LogP contribution in [-0.4, -0.2) is 55.2 Å². The third kappa shape index (κ3) is 2.94. The van der Waals surface area contributed by atoms with Crippen molar-refractivity contribution in [2.24, 2.45) is 0 Å². The molecule has 3 aliphatic heterocycles. The Balaban J connectivity index is 1.64. The van der Waals surface area contributed by atoms with Crippen molar-refractivity contribution in [2.75, 3.05) is 45.8 Å². The smallest absolute Gasteiger partial charge is 0.0916 e. The van der Waals surface area contributed by atoms with Crippen molar-refractivity contribution in [1.82, 2.24) is 4.90 Å². The van der Waals surface area contributed by atoms with Crippen LogP contribution < -0.4 is 0 Å². The summed E-state index contributed by atoms with van der Waals surface area (Å²) in [5.74, 6) is 0. The zero-order valence-electron chi connectivity index (χ0n) is 10.4. The topological polar surface area (TPSA) is 3.24 Å². The highest BCUT2D eigenvalue weighted by molar-refractivity contribution is 4.70. The van der Waals surface area contributed by atoms with Crippen LogP contribution in [0.3, 0.4) is 0 Å². The largest absolute Gasteiger partial charge is 0.320 e. The van der Waals surface area contributed by atoms with Gasteiger partial charge in [-0.05, 0) is 12.8 Å². The zero-order chi connectivity index (χ0) is 10.6. The van der Waals surface area contributed by atoms with Gasteiger partial charge in [-0.2, -0.15) is 0 Å². The minimum absolute atomic E-state index is 1.37. The fourth-order valence-electron chi connectivity index (χ4n) is 3.12. The predicted octanol–water partition coefficient (Wildman–Crippen LogP) is 2.10. The lowest BCUT2D eigenvalue weighted by molar-refractivity contribution is -0.941. The second-order valence-corrected chi connectivity index (χ2v) is 5.49. The second kappa shape index (κ2) is 5.31. The van der Waals surface area contributed by atoms with Gasteiger partial charge >= 0.3 is 0 Å². The number of quaternary nitrogens is 1. The molecule has 3 fully saturated rings. The highest BCUT2D eigenvalue weighted by Crippen LogP contribution is 2.20. The van der Waals surface area contributed by atoms with Gasteiger partial charge in [0.1, 0.15) is 0 Å². The molecule has 88 valence electrons. The van der Waals surface area contributed by atoms with E-state index in [0.717, 1.165) is 0 Å². The number of fused-ring (bicyclic) bond motifs is 3. The minimum Gasteiger partial charge on any atom is -0.320 e. The fraction of sp³-hybridized carbons (Fsp3) is 1.00. The molecule has 15 heavy (non-hydrogen) atoms. The van der Waals surface area contributed by atoms with E-state index in [2.05, 4.69) is 11.8 Å². The van der Waals surface area contributed by atoms with E-state index in [-0.39, 0.29) is 0 Å². The van der Waals surface area contributed by atoms with E-state index in [9.17, 15) is 0 Å². The molecular weight excluding hydrogens is 184 g/mol. The molecule has 0 aromatic rings. The lowest BCUT2D eigenvalue weighted by atomic mass is 10.1. The van der Waals surface area contributed by atoms with Crippen molar-refractivity contribution < 1.29 is 4.48 Å². The summed E-state index contributed by atoms with van der Waals surface area (Å²) in [6.45, 7) is 12.2. The maximum atomic E-state index is 2.64.